The van der Waals surface area contributed by atoms with Crippen molar-refractivity contribution in [1.29, 1.82) is 0 Å². The zero-order valence-electron chi connectivity index (χ0n) is 18.4. The zero-order valence-corrected chi connectivity index (χ0v) is 18.4. The van der Waals surface area contributed by atoms with Crippen LogP contribution in [0.3, 0.4) is 0 Å². The van der Waals surface area contributed by atoms with Crippen molar-refractivity contribution in [3.05, 3.63) is 78.5 Å². The van der Waals surface area contributed by atoms with E-state index in [1.807, 2.05) is 48.5 Å². The number of fused-ring (bicyclic) bond motifs is 1. The summed E-state index contributed by atoms with van der Waals surface area (Å²) in [5, 5.41) is 11.4. The Bertz CT molecular complexity index is 1310. The molecular formula is C25H22N4O5. The second-order valence-corrected chi connectivity index (χ2v) is 7.49. The van der Waals surface area contributed by atoms with E-state index < -0.39 is 0 Å². The SMILES string of the molecule is COc1cccc(OCc2c(-c3ccccc3)nnn2CC(=O)Nc2ccc3c(c2)OCO3)c1. The van der Waals surface area contributed by atoms with Crippen molar-refractivity contribution in [1.82, 2.24) is 15.0 Å². The number of amides is 1. The minimum Gasteiger partial charge on any atom is -0.497 e. The number of nitrogens with one attached hydrogen (secondary N) is 1. The van der Waals surface area contributed by atoms with Gasteiger partial charge < -0.3 is 24.3 Å². The van der Waals surface area contributed by atoms with E-state index >= 15 is 0 Å². The number of benzene rings is 3. The number of hydrogen-bond acceptors (Lipinski definition) is 7. The largest absolute Gasteiger partial charge is 0.497 e. The maximum atomic E-state index is 12.8. The summed E-state index contributed by atoms with van der Waals surface area (Å²) in [5.74, 6) is 2.31. The van der Waals surface area contributed by atoms with Gasteiger partial charge in [0.25, 0.3) is 0 Å². The molecule has 0 aliphatic carbocycles. The number of methoxy groups -OCH3 is 1. The quantitative estimate of drug-likeness (QED) is 0.428. The minimum atomic E-state index is -0.258. The first-order chi connectivity index (χ1) is 16.7. The Morgan fingerprint density at radius 1 is 1.00 bits per heavy atom. The first-order valence-electron chi connectivity index (χ1n) is 10.6. The average molecular weight is 458 g/mol. The Morgan fingerprint density at radius 2 is 1.82 bits per heavy atom. The van der Waals surface area contributed by atoms with Crippen molar-refractivity contribution in [3.63, 3.8) is 0 Å². The summed E-state index contributed by atoms with van der Waals surface area (Å²) in [5.41, 5.74) is 2.82. The number of carbonyl (C=O) groups is 1. The molecule has 0 radical (unpaired) electrons. The molecule has 9 heteroatoms. The van der Waals surface area contributed by atoms with Gasteiger partial charge in [-0.1, -0.05) is 41.6 Å². The Balaban J connectivity index is 1.36. The molecule has 0 bridgehead atoms. The molecule has 5 rings (SSSR count). The monoisotopic (exact) mass is 458 g/mol. The van der Waals surface area contributed by atoms with Crippen molar-refractivity contribution in [2.24, 2.45) is 0 Å². The Kier molecular flexibility index (Phi) is 5.98. The number of aromatic nitrogens is 3. The summed E-state index contributed by atoms with van der Waals surface area (Å²) in [6.45, 7) is 0.303. The highest BCUT2D eigenvalue weighted by Gasteiger charge is 2.19. The summed E-state index contributed by atoms with van der Waals surface area (Å²) in [4.78, 5) is 12.8. The summed E-state index contributed by atoms with van der Waals surface area (Å²) in [6.07, 6.45) is 0. The van der Waals surface area contributed by atoms with Crippen LogP contribution in [0.1, 0.15) is 5.69 Å². The highest BCUT2D eigenvalue weighted by atomic mass is 16.7. The summed E-state index contributed by atoms with van der Waals surface area (Å²) in [7, 11) is 1.60. The summed E-state index contributed by atoms with van der Waals surface area (Å²) < 4.78 is 23.5. The van der Waals surface area contributed by atoms with Crippen molar-refractivity contribution in [2.75, 3.05) is 19.2 Å². The van der Waals surface area contributed by atoms with E-state index in [2.05, 4.69) is 15.6 Å². The Hall–Kier alpha value is -4.53. The first-order valence-corrected chi connectivity index (χ1v) is 10.6. The van der Waals surface area contributed by atoms with Gasteiger partial charge in [0, 0.05) is 23.4 Å². The Morgan fingerprint density at radius 3 is 2.68 bits per heavy atom. The predicted molar refractivity (Wildman–Crippen MR) is 124 cm³/mol. The third-order valence-electron chi connectivity index (χ3n) is 5.25. The molecule has 0 saturated carbocycles. The molecule has 0 unspecified atom stereocenters. The van der Waals surface area contributed by atoms with Gasteiger partial charge in [0.15, 0.2) is 11.5 Å². The van der Waals surface area contributed by atoms with Crippen LogP contribution in [0, 0.1) is 0 Å². The molecule has 0 saturated heterocycles. The van der Waals surface area contributed by atoms with Gasteiger partial charge >= 0.3 is 0 Å². The lowest BCUT2D eigenvalue weighted by Gasteiger charge is -2.11. The number of ether oxygens (including phenoxy) is 4. The molecule has 172 valence electrons. The van der Waals surface area contributed by atoms with E-state index in [1.165, 1.54) is 0 Å². The van der Waals surface area contributed by atoms with E-state index in [0.29, 0.717) is 40.1 Å². The van der Waals surface area contributed by atoms with Crippen LogP contribution in [-0.4, -0.2) is 34.8 Å². The topological polar surface area (TPSA) is 96.7 Å². The van der Waals surface area contributed by atoms with E-state index in [9.17, 15) is 4.79 Å². The van der Waals surface area contributed by atoms with Crippen LogP contribution in [-0.2, 0) is 17.9 Å². The predicted octanol–water partition coefficient (Wildman–Crippen LogP) is 3.90. The molecule has 0 atom stereocenters. The van der Waals surface area contributed by atoms with Crippen molar-refractivity contribution >= 4 is 11.6 Å². The maximum absolute atomic E-state index is 12.8. The fourth-order valence-electron chi connectivity index (χ4n) is 3.58. The molecule has 3 aromatic carbocycles. The lowest BCUT2D eigenvalue weighted by atomic mass is 10.1. The molecule has 0 spiro atoms. The zero-order chi connectivity index (χ0) is 23.3. The van der Waals surface area contributed by atoms with Gasteiger partial charge in [-0.05, 0) is 24.3 Å². The smallest absolute Gasteiger partial charge is 0.246 e. The minimum absolute atomic E-state index is 0.0366. The normalized spacial score (nSPS) is 11.8. The van der Waals surface area contributed by atoms with Crippen LogP contribution >= 0.6 is 0 Å². The van der Waals surface area contributed by atoms with Gasteiger partial charge in [-0.3, -0.25) is 4.79 Å². The molecule has 1 aliphatic rings. The van der Waals surface area contributed by atoms with Gasteiger partial charge in [0.1, 0.15) is 36.0 Å². The molecule has 4 aromatic rings. The van der Waals surface area contributed by atoms with Crippen LogP contribution in [0.25, 0.3) is 11.3 Å². The second-order valence-electron chi connectivity index (χ2n) is 7.49. The van der Waals surface area contributed by atoms with Gasteiger partial charge in [0.2, 0.25) is 12.7 Å². The molecule has 34 heavy (non-hydrogen) atoms. The van der Waals surface area contributed by atoms with Crippen molar-refractivity contribution < 1.29 is 23.7 Å². The van der Waals surface area contributed by atoms with E-state index in [1.54, 1.807) is 36.1 Å². The third kappa shape index (κ3) is 4.63. The Labute approximate surface area is 195 Å². The van der Waals surface area contributed by atoms with Crippen LogP contribution in [0.2, 0.25) is 0 Å². The molecule has 9 nitrogen and oxygen atoms in total. The average Bonchev–Trinajstić information content (AvgIpc) is 3.50. The van der Waals surface area contributed by atoms with Gasteiger partial charge in [-0.25, -0.2) is 4.68 Å². The lowest BCUT2D eigenvalue weighted by molar-refractivity contribution is -0.117. The standard InChI is InChI=1S/C25H22N4O5/c1-31-19-8-5-9-20(13-19)32-15-21-25(17-6-3-2-4-7-17)27-28-29(21)14-24(30)26-18-10-11-22-23(12-18)34-16-33-22/h2-13H,14-16H2,1H3,(H,26,30). The molecule has 1 amide bonds. The number of anilines is 1. The molecular weight excluding hydrogens is 436 g/mol. The first kappa shape index (κ1) is 21.3. The highest BCUT2D eigenvalue weighted by molar-refractivity contribution is 5.91. The molecule has 1 aromatic heterocycles. The summed E-state index contributed by atoms with van der Waals surface area (Å²) >= 11 is 0. The van der Waals surface area contributed by atoms with Crippen LogP contribution in [0.15, 0.2) is 72.8 Å². The molecule has 1 N–H and O–H groups in total. The highest BCUT2D eigenvalue weighted by Crippen LogP contribution is 2.34. The number of carbonyl (C=O) groups excluding carboxylic acids is 1. The van der Waals surface area contributed by atoms with Crippen LogP contribution in [0.4, 0.5) is 5.69 Å². The lowest BCUT2D eigenvalue weighted by Crippen LogP contribution is -2.21. The van der Waals surface area contributed by atoms with Gasteiger partial charge in [0.05, 0.1) is 7.11 Å². The second kappa shape index (κ2) is 9.53. The molecule has 2 heterocycles. The van der Waals surface area contributed by atoms with E-state index in [0.717, 1.165) is 5.56 Å². The number of rotatable bonds is 8. The fraction of sp³-hybridized carbons (Fsp3) is 0.160. The fourth-order valence-corrected chi connectivity index (χ4v) is 3.58. The van der Waals surface area contributed by atoms with Gasteiger partial charge in [-0.15, -0.1) is 5.10 Å². The number of hydrogen-bond donors (Lipinski definition) is 1. The molecule has 1 aliphatic heterocycles. The third-order valence-corrected chi connectivity index (χ3v) is 5.25. The molecule has 0 fully saturated rings. The van der Waals surface area contributed by atoms with Gasteiger partial charge in [-0.2, -0.15) is 0 Å². The maximum Gasteiger partial charge on any atom is 0.246 e. The van der Waals surface area contributed by atoms with Crippen molar-refractivity contribution in [3.8, 4) is 34.3 Å². The van der Waals surface area contributed by atoms with E-state index in [-0.39, 0.29) is 25.9 Å². The summed E-state index contributed by atoms with van der Waals surface area (Å²) in [6, 6.07) is 22.2. The van der Waals surface area contributed by atoms with Crippen LogP contribution in [0.5, 0.6) is 23.0 Å². The number of nitrogens with zero attached hydrogens (tertiary/aromatic N) is 3. The van der Waals surface area contributed by atoms with Crippen molar-refractivity contribution in [2.45, 2.75) is 13.2 Å². The van der Waals surface area contributed by atoms with E-state index in [4.69, 9.17) is 18.9 Å². The van der Waals surface area contributed by atoms with Crippen LogP contribution < -0.4 is 24.3 Å².